The summed E-state index contributed by atoms with van der Waals surface area (Å²) in [5, 5.41) is 0. The molecule has 0 radical (unpaired) electrons. The second-order valence-electron chi connectivity index (χ2n) is 3.60. The molecule has 0 bridgehead atoms. The van der Waals surface area contributed by atoms with E-state index in [9.17, 15) is 14.4 Å². The minimum atomic E-state index is -1.18. The summed E-state index contributed by atoms with van der Waals surface area (Å²) < 4.78 is 19.0. The normalized spacial score (nSPS) is 10.9. The van der Waals surface area contributed by atoms with Crippen LogP contribution in [0.2, 0.25) is 0 Å². The van der Waals surface area contributed by atoms with Crippen molar-refractivity contribution in [1.29, 1.82) is 0 Å². The lowest BCUT2D eigenvalue weighted by molar-refractivity contribution is -0.162. The second-order valence-corrected chi connectivity index (χ2v) is 3.60. The molecule has 0 amide bonds. The number of rotatable bonds is 8. The van der Waals surface area contributed by atoms with Crippen molar-refractivity contribution >= 4 is 17.9 Å². The van der Waals surface area contributed by atoms with Gasteiger partial charge in [0.2, 0.25) is 0 Å². The van der Waals surface area contributed by atoms with Crippen LogP contribution in [0.3, 0.4) is 0 Å². The van der Waals surface area contributed by atoms with Crippen LogP contribution in [0, 0.1) is 5.92 Å². The monoisotopic (exact) mass is 288 g/mol. The van der Waals surface area contributed by atoms with Crippen molar-refractivity contribution in [3.8, 4) is 0 Å². The van der Waals surface area contributed by atoms with Crippen LogP contribution < -0.4 is 0 Å². The summed E-state index contributed by atoms with van der Waals surface area (Å²) in [5.41, 5.74) is 0. The number of ether oxygens (including phenoxy) is 4. The molecule has 0 aliphatic carbocycles. The Hall–Kier alpha value is -2.05. The molecule has 0 saturated carbocycles. The van der Waals surface area contributed by atoms with Crippen LogP contribution in [0.1, 0.15) is 20.3 Å². The van der Waals surface area contributed by atoms with Gasteiger partial charge in [-0.15, -0.1) is 0 Å². The maximum absolute atomic E-state index is 11.7. The van der Waals surface area contributed by atoms with E-state index in [2.05, 4.69) is 4.74 Å². The highest BCUT2D eigenvalue weighted by atomic mass is 16.6. The van der Waals surface area contributed by atoms with Crippen LogP contribution >= 0.6 is 0 Å². The van der Waals surface area contributed by atoms with Crippen LogP contribution in [-0.4, -0.2) is 45.3 Å². The molecule has 0 aromatic heterocycles. The van der Waals surface area contributed by atoms with E-state index in [-0.39, 0.29) is 25.4 Å². The summed E-state index contributed by atoms with van der Waals surface area (Å²) in [7, 11) is 2.53. The third-order valence-corrected chi connectivity index (χ3v) is 2.29. The lowest BCUT2D eigenvalue weighted by atomic mass is 10.0. The number of esters is 3. The van der Waals surface area contributed by atoms with E-state index >= 15 is 0 Å². The molecule has 0 aromatic rings. The number of hydrogen-bond donors (Lipinski definition) is 0. The first kappa shape index (κ1) is 17.9. The van der Waals surface area contributed by atoms with Gasteiger partial charge in [-0.05, 0) is 13.8 Å². The van der Waals surface area contributed by atoms with Gasteiger partial charge in [-0.2, -0.15) is 0 Å². The van der Waals surface area contributed by atoms with Gasteiger partial charge in [0.1, 0.15) is 5.76 Å². The number of carbonyl (C=O) groups is 3. The van der Waals surface area contributed by atoms with Crippen molar-refractivity contribution in [3.63, 3.8) is 0 Å². The van der Waals surface area contributed by atoms with Crippen molar-refractivity contribution in [3.05, 3.63) is 11.8 Å². The molecule has 0 unspecified atom stereocenters. The molecule has 0 aromatic carbocycles. The first-order valence-electron chi connectivity index (χ1n) is 6.15. The van der Waals surface area contributed by atoms with Gasteiger partial charge in [0.15, 0.2) is 5.92 Å². The van der Waals surface area contributed by atoms with Crippen LogP contribution in [0.15, 0.2) is 11.8 Å². The zero-order valence-corrected chi connectivity index (χ0v) is 12.1. The molecule has 0 N–H and O–H groups in total. The summed E-state index contributed by atoms with van der Waals surface area (Å²) >= 11 is 0. The van der Waals surface area contributed by atoms with Crippen molar-refractivity contribution in [1.82, 2.24) is 0 Å². The van der Waals surface area contributed by atoms with Gasteiger partial charge < -0.3 is 18.9 Å². The maximum atomic E-state index is 11.7. The fraction of sp³-hybridized carbons (Fsp3) is 0.615. The Morgan fingerprint density at radius 3 is 1.80 bits per heavy atom. The molecular formula is C13H20O7. The molecule has 0 aliphatic heterocycles. The minimum Gasteiger partial charge on any atom is -0.501 e. The Kier molecular flexibility index (Phi) is 8.82. The molecule has 0 aliphatic rings. The van der Waals surface area contributed by atoms with Gasteiger partial charge in [0.05, 0.1) is 33.5 Å². The lowest BCUT2D eigenvalue weighted by Crippen LogP contribution is -2.29. The Bertz CT molecular complexity index is 355. The molecule has 0 spiro atoms. The summed E-state index contributed by atoms with van der Waals surface area (Å²) in [4.78, 5) is 34.6. The maximum Gasteiger partial charge on any atom is 0.333 e. The molecule has 0 heterocycles. The largest absolute Gasteiger partial charge is 0.501 e. The lowest BCUT2D eigenvalue weighted by Gasteiger charge is -2.15. The van der Waals surface area contributed by atoms with E-state index in [0.717, 1.165) is 6.08 Å². The summed E-state index contributed by atoms with van der Waals surface area (Å²) in [5.74, 6) is -3.14. The van der Waals surface area contributed by atoms with Crippen LogP contribution in [0.5, 0.6) is 0 Å². The molecular weight excluding hydrogens is 268 g/mol. The average molecular weight is 288 g/mol. The highest BCUT2D eigenvalue weighted by Crippen LogP contribution is 2.16. The molecule has 0 fully saturated rings. The van der Waals surface area contributed by atoms with Gasteiger partial charge in [-0.25, -0.2) is 4.79 Å². The van der Waals surface area contributed by atoms with Crippen LogP contribution in [-0.2, 0) is 33.3 Å². The molecule has 0 rings (SSSR count). The molecule has 0 saturated heterocycles. The predicted octanol–water partition coefficient (Wildman–Crippen LogP) is 0.822. The average Bonchev–Trinajstić information content (AvgIpc) is 2.43. The zero-order valence-electron chi connectivity index (χ0n) is 12.1. The summed E-state index contributed by atoms with van der Waals surface area (Å²) in [6.07, 6.45) is 0.925. The number of allylic oxidation sites excluding steroid dienone is 1. The van der Waals surface area contributed by atoms with E-state index in [1.807, 2.05) is 0 Å². The van der Waals surface area contributed by atoms with Crippen molar-refractivity contribution < 1.29 is 33.3 Å². The van der Waals surface area contributed by atoms with E-state index in [0.29, 0.717) is 0 Å². The Balaban J connectivity index is 5.02. The highest BCUT2D eigenvalue weighted by Gasteiger charge is 2.31. The molecule has 7 nitrogen and oxygen atoms in total. The highest BCUT2D eigenvalue weighted by molar-refractivity contribution is 5.95. The Labute approximate surface area is 117 Å². The topological polar surface area (TPSA) is 88.1 Å². The van der Waals surface area contributed by atoms with Gasteiger partial charge in [0, 0.05) is 6.42 Å². The van der Waals surface area contributed by atoms with Gasteiger partial charge in [0.25, 0.3) is 0 Å². The quantitative estimate of drug-likeness (QED) is 0.215. The predicted molar refractivity (Wildman–Crippen MR) is 68.5 cm³/mol. The molecule has 20 heavy (non-hydrogen) atoms. The van der Waals surface area contributed by atoms with Crippen LogP contribution in [0.4, 0.5) is 0 Å². The summed E-state index contributed by atoms with van der Waals surface area (Å²) in [6.45, 7) is 3.53. The first-order valence-corrected chi connectivity index (χ1v) is 6.15. The smallest absolute Gasteiger partial charge is 0.333 e. The molecule has 0 atom stereocenters. The van der Waals surface area contributed by atoms with Gasteiger partial charge in [-0.1, -0.05) is 0 Å². The van der Waals surface area contributed by atoms with Crippen molar-refractivity contribution in [2.75, 3.05) is 27.4 Å². The van der Waals surface area contributed by atoms with E-state index < -0.39 is 23.8 Å². The third kappa shape index (κ3) is 6.21. The standard InChI is InChI=1S/C13H20O7/c1-5-19-12(15)10(13(16)20-6-2)7-9(17-3)8-11(14)18-4/h8,10H,5-7H2,1-4H3. The minimum absolute atomic E-state index is 0.128. The molecule has 7 heteroatoms. The number of hydrogen-bond acceptors (Lipinski definition) is 7. The Morgan fingerprint density at radius 1 is 0.950 bits per heavy atom. The second kappa shape index (κ2) is 9.82. The van der Waals surface area contributed by atoms with Crippen LogP contribution in [0.25, 0.3) is 0 Å². The third-order valence-electron chi connectivity index (χ3n) is 2.29. The molecule has 114 valence electrons. The SMILES string of the molecule is CCOC(=O)C(CC(=CC(=O)OC)OC)C(=O)OCC. The fourth-order valence-electron chi connectivity index (χ4n) is 1.34. The van der Waals surface area contributed by atoms with E-state index in [1.165, 1.54) is 14.2 Å². The van der Waals surface area contributed by atoms with Crippen molar-refractivity contribution in [2.24, 2.45) is 5.92 Å². The fourth-order valence-corrected chi connectivity index (χ4v) is 1.34. The van der Waals surface area contributed by atoms with Gasteiger partial charge >= 0.3 is 17.9 Å². The van der Waals surface area contributed by atoms with Crippen molar-refractivity contribution in [2.45, 2.75) is 20.3 Å². The first-order chi connectivity index (χ1) is 9.49. The van der Waals surface area contributed by atoms with Gasteiger partial charge in [-0.3, -0.25) is 9.59 Å². The Morgan fingerprint density at radius 2 is 1.45 bits per heavy atom. The number of methoxy groups -OCH3 is 2. The zero-order chi connectivity index (χ0) is 15.5. The van der Waals surface area contributed by atoms with E-state index in [4.69, 9.17) is 14.2 Å². The number of carbonyl (C=O) groups excluding carboxylic acids is 3. The van der Waals surface area contributed by atoms with E-state index in [1.54, 1.807) is 13.8 Å². The summed E-state index contributed by atoms with van der Waals surface area (Å²) in [6, 6.07) is 0.